The van der Waals surface area contributed by atoms with E-state index in [0.717, 1.165) is 16.6 Å². The van der Waals surface area contributed by atoms with Gasteiger partial charge in [0, 0.05) is 24.4 Å². The Balaban J connectivity index is 1.69. The molecule has 0 spiro atoms. The molecule has 0 fully saturated rings. The summed E-state index contributed by atoms with van der Waals surface area (Å²) in [6.07, 6.45) is 3.34. The van der Waals surface area contributed by atoms with E-state index in [1.807, 2.05) is 38.4 Å². The van der Waals surface area contributed by atoms with Gasteiger partial charge in [-0.2, -0.15) is 20.2 Å². The van der Waals surface area contributed by atoms with Crippen LogP contribution in [-0.2, 0) is 12.6 Å². The molecular weight excluding hydrogens is 394 g/mol. The van der Waals surface area contributed by atoms with Crippen molar-refractivity contribution in [1.29, 1.82) is 0 Å². The fourth-order valence-corrected chi connectivity index (χ4v) is 3.22. The SMILES string of the molecule is Cc1ccc(C(=O)Nc2ccnn2C)cc1Nc1nc(N)nc2c1cnn2C(C)(C)C. The second-order valence-corrected chi connectivity index (χ2v) is 8.34. The van der Waals surface area contributed by atoms with E-state index >= 15 is 0 Å². The van der Waals surface area contributed by atoms with Gasteiger partial charge in [0.25, 0.3) is 5.91 Å². The number of rotatable bonds is 4. The van der Waals surface area contributed by atoms with Crippen LogP contribution in [-0.4, -0.2) is 35.4 Å². The molecule has 0 unspecified atom stereocenters. The Morgan fingerprint density at radius 3 is 2.58 bits per heavy atom. The third-order valence-electron chi connectivity index (χ3n) is 4.90. The largest absolute Gasteiger partial charge is 0.368 e. The number of benzene rings is 1. The van der Waals surface area contributed by atoms with Crippen LogP contribution in [0.15, 0.2) is 36.7 Å². The monoisotopic (exact) mass is 419 g/mol. The first-order valence-corrected chi connectivity index (χ1v) is 9.82. The molecule has 0 saturated heterocycles. The van der Waals surface area contributed by atoms with E-state index < -0.39 is 0 Å². The molecule has 160 valence electrons. The van der Waals surface area contributed by atoms with Crippen molar-refractivity contribution >= 4 is 40.2 Å². The van der Waals surface area contributed by atoms with Crippen molar-refractivity contribution in [2.75, 3.05) is 16.4 Å². The zero-order chi connectivity index (χ0) is 22.3. The lowest BCUT2D eigenvalue weighted by Crippen LogP contribution is -2.23. The molecule has 4 N–H and O–H groups in total. The molecule has 1 amide bonds. The molecule has 0 atom stereocenters. The number of nitrogen functional groups attached to an aromatic ring is 1. The first kappa shape index (κ1) is 20.3. The first-order chi connectivity index (χ1) is 14.6. The van der Waals surface area contributed by atoms with Gasteiger partial charge in [0.05, 0.1) is 23.3 Å². The zero-order valence-electron chi connectivity index (χ0n) is 18.1. The van der Waals surface area contributed by atoms with Crippen molar-refractivity contribution in [2.45, 2.75) is 33.2 Å². The van der Waals surface area contributed by atoms with Gasteiger partial charge in [-0.05, 0) is 45.4 Å². The van der Waals surface area contributed by atoms with Crippen molar-refractivity contribution in [3.8, 4) is 0 Å². The normalized spacial score (nSPS) is 11.6. The maximum atomic E-state index is 12.7. The van der Waals surface area contributed by atoms with Gasteiger partial charge in [0.2, 0.25) is 5.95 Å². The van der Waals surface area contributed by atoms with Gasteiger partial charge >= 0.3 is 0 Å². The molecule has 10 nitrogen and oxygen atoms in total. The highest BCUT2D eigenvalue weighted by atomic mass is 16.1. The summed E-state index contributed by atoms with van der Waals surface area (Å²) >= 11 is 0. The summed E-state index contributed by atoms with van der Waals surface area (Å²) in [7, 11) is 1.76. The Kier molecular flexibility index (Phi) is 4.84. The molecule has 1 aromatic carbocycles. The van der Waals surface area contributed by atoms with Crippen molar-refractivity contribution in [3.63, 3.8) is 0 Å². The molecule has 0 aliphatic heterocycles. The van der Waals surface area contributed by atoms with Crippen LogP contribution in [0.25, 0.3) is 11.0 Å². The summed E-state index contributed by atoms with van der Waals surface area (Å²) < 4.78 is 3.41. The highest BCUT2D eigenvalue weighted by Gasteiger charge is 2.21. The van der Waals surface area contributed by atoms with Gasteiger partial charge in [-0.25, -0.2) is 4.68 Å². The predicted molar refractivity (Wildman–Crippen MR) is 120 cm³/mol. The van der Waals surface area contributed by atoms with Gasteiger partial charge in [-0.15, -0.1) is 0 Å². The van der Waals surface area contributed by atoms with Crippen LogP contribution < -0.4 is 16.4 Å². The summed E-state index contributed by atoms with van der Waals surface area (Å²) in [6.45, 7) is 8.07. The molecule has 0 saturated carbocycles. The Morgan fingerprint density at radius 1 is 1.13 bits per heavy atom. The number of carbonyl (C=O) groups excluding carboxylic acids is 1. The van der Waals surface area contributed by atoms with Crippen LogP contribution in [0.1, 0.15) is 36.7 Å². The quantitative estimate of drug-likeness (QED) is 0.463. The number of hydrogen-bond acceptors (Lipinski definition) is 7. The minimum absolute atomic E-state index is 0.142. The van der Waals surface area contributed by atoms with E-state index in [9.17, 15) is 4.79 Å². The van der Waals surface area contributed by atoms with Crippen LogP contribution in [0.2, 0.25) is 0 Å². The second kappa shape index (κ2) is 7.38. The molecule has 0 aliphatic carbocycles. The smallest absolute Gasteiger partial charge is 0.256 e. The molecule has 4 rings (SSSR count). The topological polar surface area (TPSA) is 129 Å². The van der Waals surface area contributed by atoms with Crippen LogP contribution >= 0.6 is 0 Å². The van der Waals surface area contributed by atoms with Crippen LogP contribution in [0, 0.1) is 6.92 Å². The van der Waals surface area contributed by atoms with Gasteiger partial charge in [-0.1, -0.05) is 6.07 Å². The lowest BCUT2D eigenvalue weighted by molar-refractivity contribution is 0.102. The van der Waals surface area contributed by atoms with Gasteiger partial charge < -0.3 is 16.4 Å². The van der Waals surface area contributed by atoms with E-state index in [4.69, 9.17) is 5.73 Å². The lowest BCUT2D eigenvalue weighted by atomic mass is 10.1. The number of aromatic nitrogens is 6. The lowest BCUT2D eigenvalue weighted by Gasteiger charge is -2.20. The molecule has 4 aromatic rings. The van der Waals surface area contributed by atoms with E-state index in [1.165, 1.54) is 0 Å². The van der Waals surface area contributed by atoms with Crippen LogP contribution in [0.3, 0.4) is 0 Å². The maximum absolute atomic E-state index is 12.7. The van der Waals surface area contributed by atoms with Crippen LogP contribution in [0.4, 0.5) is 23.3 Å². The number of aryl methyl sites for hydroxylation is 2. The average Bonchev–Trinajstić information content (AvgIpc) is 3.29. The Bertz CT molecular complexity index is 1280. The number of amides is 1. The van der Waals surface area contributed by atoms with Crippen LogP contribution in [0.5, 0.6) is 0 Å². The highest BCUT2D eigenvalue weighted by Crippen LogP contribution is 2.29. The third kappa shape index (κ3) is 3.91. The Morgan fingerprint density at radius 2 is 1.90 bits per heavy atom. The minimum atomic E-state index is -0.264. The molecular formula is C21H25N9O. The van der Waals surface area contributed by atoms with Gasteiger partial charge in [0.1, 0.15) is 11.6 Å². The number of nitrogens with one attached hydrogen (secondary N) is 2. The highest BCUT2D eigenvalue weighted by molar-refractivity contribution is 6.04. The summed E-state index contributed by atoms with van der Waals surface area (Å²) in [5.74, 6) is 1.05. The predicted octanol–water partition coefficient (Wildman–Crippen LogP) is 3.20. The van der Waals surface area contributed by atoms with Crippen molar-refractivity contribution in [1.82, 2.24) is 29.5 Å². The number of anilines is 4. The zero-order valence-corrected chi connectivity index (χ0v) is 18.1. The second-order valence-electron chi connectivity index (χ2n) is 8.34. The molecule has 0 radical (unpaired) electrons. The molecule has 0 bridgehead atoms. The summed E-state index contributed by atoms with van der Waals surface area (Å²) in [6, 6.07) is 7.16. The summed E-state index contributed by atoms with van der Waals surface area (Å²) in [5, 5.41) is 15.4. The summed E-state index contributed by atoms with van der Waals surface area (Å²) in [4.78, 5) is 21.5. The number of nitrogens with zero attached hydrogens (tertiary/aromatic N) is 6. The Labute approximate surface area is 179 Å². The maximum Gasteiger partial charge on any atom is 0.256 e. The Hall–Kier alpha value is -3.95. The fourth-order valence-electron chi connectivity index (χ4n) is 3.22. The van der Waals surface area contributed by atoms with E-state index in [2.05, 4.69) is 30.8 Å². The number of nitrogens with two attached hydrogens (primary N) is 1. The molecule has 3 aromatic heterocycles. The van der Waals surface area contributed by atoms with E-state index in [-0.39, 0.29) is 17.4 Å². The summed E-state index contributed by atoms with van der Waals surface area (Å²) in [5.41, 5.74) is 8.54. The van der Waals surface area contributed by atoms with E-state index in [1.54, 1.807) is 42.3 Å². The molecule has 0 aliphatic rings. The average molecular weight is 419 g/mol. The van der Waals surface area contributed by atoms with Gasteiger partial charge in [0.15, 0.2) is 5.65 Å². The van der Waals surface area contributed by atoms with Crippen molar-refractivity contribution < 1.29 is 4.79 Å². The molecule has 3 heterocycles. The molecule has 10 heteroatoms. The first-order valence-electron chi connectivity index (χ1n) is 9.82. The van der Waals surface area contributed by atoms with E-state index in [0.29, 0.717) is 22.8 Å². The standard InChI is InChI=1S/C21H25N9O/c1-12-6-7-13(19(31)26-16-8-9-23-29(16)5)10-15(12)25-17-14-11-24-30(21(2,3)4)18(14)28-20(22)27-17/h6-11H,1-5H3,(H,26,31)(H3,22,25,27,28). The fraction of sp³-hybridized carbons (Fsp3) is 0.286. The van der Waals surface area contributed by atoms with Gasteiger partial charge in [-0.3, -0.25) is 9.48 Å². The van der Waals surface area contributed by atoms with Crippen molar-refractivity contribution in [3.05, 3.63) is 47.8 Å². The third-order valence-corrected chi connectivity index (χ3v) is 4.90. The number of hydrogen-bond donors (Lipinski definition) is 3. The van der Waals surface area contributed by atoms with Crippen molar-refractivity contribution in [2.24, 2.45) is 7.05 Å². The molecule has 31 heavy (non-hydrogen) atoms. The number of fused-ring (bicyclic) bond motifs is 1. The number of carbonyl (C=O) groups is 1. The minimum Gasteiger partial charge on any atom is -0.368 e.